The highest BCUT2D eigenvalue weighted by molar-refractivity contribution is 5.69. The van der Waals surface area contributed by atoms with Gasteiger partial charge in [0, 0.05) is 11.8 Å². The normalized spacial score (nSPS) is 10.9. The summed E-state index contributed by atoms with van der Waals surface area (Å²) in [4.78, 5) is 3.52. The van der Waals surface area contributed by atoms with E-state index in [0.29, 0.717) is 0 Å². The van der Waals surface area contributed by atoms with Crippen molar-refractivity contribution in [1.29, 1.82) is 0 Å². The molecular formula is C12H7F5N2O. The zero-order chi connectivity index (χ0) is 15.0. The first-order valence-corrected chi connectivity index (χ1v) is 5.25. The number of aliphatic hydroxyl groups excluding tert-OH is 1. The van der Waals surface area contributed by atoms with Gasteiger partial charge in [0.2, 0.25) is 5.82 Å². The van der Waals surface area contributed by atoms with Crippen LogP contribution < -0.4 is 5.73 Å². The lowest BCUT2D eigenvalue weighted by atomic mass is 10.0. The first kappa shape index (κ1) is 14.2. The Labute approximate surface area is 109 Å². The minimum atomic E-state index is -2.25. The average Bonchev–Trinajstić information content (AvgIpc) is 2.44. The van der Waals surface area contributed by atoms with Crippen molar-refractivity contribution in [3.05, 3.63) is 46.9 Å². The van der Waals surface area contributed by atoms with Gasteiger partial charge in [-0.25, -0.2) is 26.9 Å². The largest absolute Gasteiger partial charge is 0.392 e. The van der Waals surface area contributed by atoms with Gasteiger partial charge in [-0.1, -0.05) is 0 Å². The number of pyridine rings is 1. The topological polar surface area (TPSA) is 59.1 Å². The summed E-state index contributed by atoms with van der Waals surface area (Å²) in [5.74, 6) is -10.5. The molecule has 0 saturated carbocycles. The molecule has 0 atom stereocenters. The van der Waals surface area contributed by atoms with Gasteiger partial charge < -0.3 is 10.8 Å². The number of hydrogen-bond donors (Lipinski definition) is 2. The number of rotatable bonds is 2. The third-order valence-corrected chi connectivity index (χ3v) is 2.66. The molecule has 3 nitrogen and oxygen atoms in total. The number of nitrogen functional groups attached to an aromatic ring is 1. The summed E-state index contributed by atoms with van der Waals surface area (Å²) in [5, 5.41) is 9.09. The summed E-state index contributed by atoms with van der Waals surface area (Å²) in [6.45, 7) is -0.707. The molecule has 2 rings (SSSR count). The minimum Gasteiger partial charge on any atom is -0.392 e. The maximum atomic E-state index is 13.6. The molecule has 2 aromatic rings. The van der Waals surface area contributed by atoms with E-state index in [1.165, 1.54) is 0 Å². The van der Waals surface area contributed by atoms with E-state index in [-0.39, 0.29) is 11.4 Å². The Morgan fingerprint density at radius 2 is 1.45 bits per heavy atom. The number of halogens is 5. The second kappa shape index (κ2) is 5.04. The van der Waals surface area contributed by atoms with Gasteiger partial charge in [-0.2, -0.15) is 0 Å². The van der Waals surface area contributed by atoms with E-state index in [2.05, 4.69) is 4.98 Å². The molecule has 0 aliphatic rings. The molecule has 1 aromatic carbocycles. The van der Waals surface area contributed by atoms with Crippen molar-refractivity contribution in [3.63, 3.8) is 0 Å². The zero-order valence-electron chi connectivity index (χ0n) is 9.72. The number of anilines is 1. The second-order valence-corrected chi connectivity index (χ2v) is 3.87. The van der Waals surface area contributed by atoms with Crippen LogP contribution >= 0.6 is 0 Å². The SMILES string of the molecule is Nc1cc(CO)c(-c2c(F)c(F)c(F)c(F)c2F)cn1. The molecule has 0 spiro atoms. The Morgan fingerprint density at radius 3 is 1.95 bits per heavy atom. The van der Waals surface area contributed by atoms with Crippen LogP contribution in [0.15, 0.2) is 12.3 Å². The number of aliphatic hydroxyl groups is 1. The Balaban J connectivity index is 2.83. The highest BCUT2D eigenvalue weighted by Crippen LogP contribution is 2.33. The standard InChI is InChI=1S/C12H7F5N2O/c13-8-7(9(14)11(16)12(17)10(8)15)5-2-19-6(18)1-4(5)3-20/h1-2,20H,3H2,(H2,18,19). The quantitative estimate of drug-likeness (QED) is 0.507. The third-order valence-electron chi connectivity index (χ3n) is 2.66. The van der Waals surface area contributed by atoms with Crippen molar-refractivity contribution in [1.82, 2.24) is 4.98 Å². The fraction of sp³-hybridized carbons (Fsp3) is 0.0833. The van der Waals surface area contributed by atoms with Crippen LogP contribution in [-0.4, -0.2) is 10.1 Å². The van der Waals surface area contributed by atoms with Crippen molar-refractivity contribution in [2.75, 3.05) is 5.73 Å². The predicted octanol–water partition coefficient (Wildman–Crippen LogP) is 2.52. The Hall–Kier alpha value is -2.22. The molecule has 1 aromatic heterocycles. The van der Waals surface area contributed by atoms with Crippen LogP contribution in [0.3, 0.4) is 0 Å². The van der Waals surface area contributed by atoms with Gasteiger partial charge in [0.1, 0.15) is 5.82 Å². The van der Waals surface area contributed by atoms with Crippen LogP contribution in [-0.2, 0) is 6.61 Å². The molecule has 0 saturated heterocycles. The molecular weight excluding hydrogens is 283 g/mol. The van der Waals surface area contributed by atoms with Crippen LogP contribution in [0.5, 0.6) is 0 Å². The van der Waals surface area contributed by atoms with Crippen molar-refractivity contribution in [2.24, 2.45) is 0 Å². The smallest absolute Gasteiger partial charge is 0.200 e. The molecule has 0 fully saturated rings. The molecule has 0 unspecified atom stereocenters. The molecule has 0 aliphatic heterocycles. The molecule has 0 amide bonds. The molecule has 8 heteroatoms. The fourth-order valence-electron chi connectivity index (χ4n) is 1.71. The van der Waals surface area contributed by atoms with Crippen LogP contribution in [0.1, 0.15) is 5.56 Å². The minimum absolute atomic E-state index is 0.0679. The molecule has 1 heterocycles. The van der Waals surface area contributed by atoms with Crippen LogP contribution in [0.4, 0.5) is 27.8 Å². The van der Waals surface area contributed by atoms with E-state index in [9.17, 15) is 22.0 Å². The van der Waals surface area contributed by atoms with E-state index in [0.717, 1.165) is 12.3 Å². The maximum absolute atomic E-state index is 13.6. The van der Waals surface area contributed by atoms with E-state index in [1.807, 2.05) is 0 Å². The lowest BCUT2D eigenvalue weighted by molar-refractivity contribution is 0.282. The van der Waals surface area contributed by atoms with Crippen molar-refractivity contribution in [3.8, 4) is 11.1 Å². The van der Waals surface area contributed by atoms with E-state index in [1.54, 1.807) is 0 Å². The summed E-state index contributed by atoms with van der Waals surface area (Å²) in [7, 11) is 0. The summed E-state index contributed by atoms with van der Waals surface area (Å²) < 4.78 is 66.5. The average molecular weight is 290 g/mol. The first-order valence-electron chi connectivity index (χ1n) is 5.25. The van der Waals surface area contributed by atoms with Gasteiger partial charge in [0.15, 0.2) is 23.3 Å². The summed E-state index contributed by atoms with van der Waals surface area (Å²) in [6.07, 6.45) is 0.833. The molecule has 3 N–H and O–H groups in total. The van der Waals surface area contributed by atoms with Crippen molar-refractivity contribution in [2.45, 2.75) is 6.61 Å². The molecule has 0 bridgehead atoms. The number of nitrogens with two attached hydrogens (primary N) is 1. The molecule has 106 valence electrons. The number of hydrogen-bond acceptors (Lipinski definition) is 3. The van der Waals surface area contributed by atoms with Gasteiger partial charge >= 0.3 is 0 Å². The lowest BCUT2D eigenvalue weighted by Gasteiger charge is -2.11. The van der Waals surface area contributed by atoms with E-state index >= 15 is 0 Å². The second-order valence-electron chi connectivity index (χ2n) is 3.87. The molecule has 20 heavy (non-hydrogen) atoms. The van der Waals surface area contributed by atoms with Crippen molar-refractivity contribution < 1.29 is 27.1 Å². The maximum Gasteiger partial charge on any atom is 0.200 e. The molecule has 0 aliphatic carbocycles. The summed E-state index contributed by atoms with van der Waals surface area (Å²) in [6, 6.07) is 1.08. The van der Waals surface area contributed by atoms with Gasteiger partial charge in [0.25, 0.3) is 0 Å². The first-order chi connectivity index (χ1) is 9.38. The highest BCUT2D eigenvalue weighted by atomic mass is 19.2. The summed E-state index contributed by atoms with van der Waals surface area (Å²) in [5.41, 5.74) is 3.64. The molecule has 0 radical (unpaired) electrons. The van der Waals surface area contributed by atoms with Gasteiger partial charge in [0.05, 0.1) is 12.2 Å². The Bertz CT molecular complexity index is 661. The van der Waals surface area contributed by atoms with E-state index in [4.69, 9.17) is 10.8 Å². The lowest BCUT2D eigenvalue weighted by Crippen LogP contribution is -2.06. The monoisotopic (exact) mass is 290 g/mol. The van der Waals surface area contributed by atoms with Gasteiger partial charge in [-0.15, -0.1) is 0 Å². The number of benzene rings is 1. The predicted molar refractivity (Wildman–Crippen MR) is 59.8 cm³/mol. The van der Waals surface area contributed by atoms with Gasteiger partial charge in [-0.3, -0.25) is 0 Å². The third kappa shape index (κ3) is 2.07. The van der Waals surface area contributed by atoms with Crippen LogP contribution in [0.25, 0.3) is 11.1 Å². The van der Waals surface area contributed by atoms with Crippen LogP contribution in [0.2, 0.25) is 0 Å². The Kier molecular flexibility index (Phi) is 3.58. The Morgan fingerprint density at radius 1 is 0.950 bits per heavy atom. The van der Waals surface area contributed by atoms with Gasteiger partial charge in [-0.05, 0) is 11.6 Å². The number of aromatic nitrogens is 1. The fourth-order valence-corrected chi connectivity index (χ4v) is 1.71. The summed E-state index contributed by atoms with van der Waals surface area (Å²) >= 11 is 0. The van der Waals surface area contributed by atoms with E-state index < -0.39 is 46.8 Å². The van der Waals surface area contributed by atoms with Crippen LogP contribution in [0, 0.1) is 29.1 Å². The highest BCUT2D eigenvalue weighted by Gasteiger charge is 2.27. The zero-order valence-corrected chi connectivity index (χ0v) is 9.72. The number of nitrogens with zero attached hydrogens (tertiary/aromatic N) is 1. The van der Waals surface area contributed by atoms with Crippen molar-refractivity contribution >= 4 is 5.82 Å².